The van der Waals surface area contributed by atoms with Crippen LogP contribution in [-0.2, 0) is 15.3 Å². The molecule has 0 saturated carbocycles. The zero-order chi connectivity index (χ0) is 13.7. The van der Waals surface area contributed by atoms with E-state index in [-0.39, 0.29) is 5.91 Å². The quantitative estimate of drug-likeness (QED) is 0.847. The molecular formula is C15H21NO2S. The van der Waals surface area contributed by atoms with Crippen LogP contribution in [0.5, 0.6) is 0 Å². The fourth-order valence-electron chi connectivity index (χ4n) is 2.31. The highest BCUT2D eigenvalue weighted by molar-refractivity contribution is 7.99. The molecule has 0 spiro atoms. The first-order chi connectivity index (χ1) is 9.15. The van der Waals surface area contributed by atoms with Gasteiger partial charge in [0.05, 0.1) is 19.0 Å². The number of nitrogens with zero attached hydrogens (tertiary/aromatic N) is 1. The minimum atomic E-state index is 0.234. The van der Waals surface area contributed by atoms with Crippen molar-refractivity contribution in [3.63, 3.8) is 0 Å². The van der Waals surface area contributed by atoms with E-state index in [1.54, 1.807) is 11.8 Å². The molecule has 4 heteroatoms. The molecule has 1 aromatic carbocycles. The number of morpholine rings is 1. The molecule has 2 rings (SSSR count). The number of thioether (sulfide) groups is 1. The zero-order valence-corrected chi connectivity index (χ0v) is 12.5. The summed E-state index contributed by atoms with van der Waals surface area (Å²) in [5.74, 6) is 1.70. The van der Waals surface area contributed by atoms with E-state index >= 15 is 0 Å². The molecule has 1 saturated heterocycles. The minimum absolute atomic E-state index is 0.234. The van der Waals surface area contributed by atoms with Crippen molar-refractivity contribution in [2.45, 2.75) is 19.6 Å². The second-order valence-corrected chi connectivity index (χ2v) is 5.97. The maximum atomic E-state index is 12.0. The van der Waals surface area contributed by atoms with E-state index < -0.39 is 0 Å². The van der Waals surface area contributed by atoms with Crippen LogP contribution in [-0.4, -0.2) is 42.9 Å². The highest BCUT2D eigenvalue weighted by Gasteiger charge is 2.16. The highest BCUT2D eigenvalue weighted by Crippen LogP contribution is 2.16. The van der Waals surface area contributed by atoms with Crippen LogP contribution >= 0.6 is 11.8 Å². The number of benzene rings is 1. The van der Waals surface area contributed by atoms with Gasteiger partial charge in [-0.2, -0.15) is 0 Å². The smallest absolute Gasteiger partial charge is 0.232 e. The van der Waals surface area contributed by atoms with E-state index in [0.29, 0.717) is 19.0 Å². The molecule has 19 heavy (non-hydrogen) atoms. The number of ether oxygens (including phenoxy) is 1. The Hall–Kier alpha value is -1.00. The third-order valence-corrected chi connectivity index (χ3v) is 4.13. The van der Waals surface area contributed by atoms with E-state index in [1.165, 1.54) is 16.7 Å². The monoisotopic (exact) mass is 279 g/mol. The largest absolute Gasteiger partial charge is 0.378 e. The van der Waals surface area contributed by atoms with Crippen molar-refractivity contribution in [2.75, 3.05) is 32.1 Å². The Morgan fingerprint density at radius 1 is 1.21 bits per heavy atom. The predicted molar refractivity (Wildman–Crippen MR) is 79.5 cm³/mol. The predicted octanol–water partition coefficient (Wildman–Crippen LogP) is 2.40. The van der Waals surface area contributed by atoms with Gasteiger partial charge >= 0.3 is 0 Å². The summed E-state index contributed by atoms with van der Waals surface area (Å²) in [6.45, 7) is 7.05. The number of amides is 1. The van der Waals surface area contributed by atoms with E-state index in [9.17, 15) is 4.79 Å². The first-order valence-corrected chi connectivity index (χ1v) is 7.81. The molecule has 0 bridgehead atoms. The van der Waals surface area contributed by atoms with Crippen LogP contribution in [0.3, 0.4) is 0 Å². The lowest BCUT2D eigenvalue weighted by Gasteiger charge is -2.26. The van der Waals surface area contributed by atoms with Crippen LogP contribution in [0.25, 0.3) is 0 Å². The number of hydrogen-bond acceptors (Lipinski definition) is 3. The van der Waals surface area contributed by atoms with Crippen molar-refractivity contribution in [1.29, 1.82) is 0 Å². The van der Waals surface area contributed by atoms with Gasteiger partial charge in [-0.15, -0.1) is 11.8 Å². The molecular weight excluding hydrogens is 258 g/mol. The molecule has 3 nitrogen and oxygen atoms in total. The first-order valence-electron chi connectivity index (χ1n) is 6.65. The van der Waals surface area contributed by atoms with Gasteiger partial charge in [-0.05, 0) is 19.4 Å². The molecule has 1 aliphatic heterocycles. The molecule has 1 fully saturated rings. The molecule has 104 valence electrons. The summed E-state index contributed by atoms with van der Waals surface area (Å²) in [7, 11) is 0. The van der Waals surface area contributed by atoms with Gasteiger partial charge < -0.3 is 9.64 Å². The highest BCUT2D eigenvalue weighted by atomic mass is 32.2. The topological polar surface area (TPSA) is 29.5 Å². The van der Waals surface area contributed by atoms with E-state index in [0.717, 1.165) is 18.8 Å². The van der Waals surface area contributed by atoms with Crippen LogP contribution in [0.4, 0.5) is 0 Å². The van der Waals surface area contributed by atoms with Crippen LogP contribution in [0.15, 0.2) is 18.2 Å². The molecule has 0 atom stereocenters. The van der Waals surface area contributed by atoms with E-state index in [4.69, 9.17) is 4.74 Å². The first kappa shape index (κ1) is 14.4. The van der Waals surface area contributed by atoms with E-state index in [1.807, 2.05) is 4.90 Å². The van der Waals surface area contributed by atoms with Crippen LogP contribution in [0.2, 0.25) is 0 Å². The van der Waals surface area contributed by atoms with Crippen LogP contribution in [0, 0.1) is 13.8 Å². The van der Waals surface area contributed by atoms with E-state index in [2.05, 4.69) is 32.0 Å². The summed E-state index contributed by atoms with van der Waals surface area (Å²) in [5.41, 5.74) is 3.88. The summed E-state index contributed by atoms with van der Waals surface area (Å²) in [4.78, 5) is 13.9. The molecule has 0 N–H and O–H groups in total. The fraction of sp³-hybridized carbons (Fsp3) is 0.533. The molecule has 1 heterocycles. The maximum absolute atomic E-state index is 12.0. The van der Waals surface area contributed by atoms with Crippen molar-refractivity contribution in [3.8, 4) is 0 Å². The van der Waals surface area contributed by atoms with Gasteiger partial charge in [0.2, 0.25) is 5.91 Å². The van der Waals surface area contributed by atoms with Gasteiger partial charge in [0.1, 0.15) is 0 Å². The lowest BCUT2D eigenvalue weighted by atomic mass is 10.1. The van der Waals surface area contributed by atoms with Gasteiger partial charge in [0.15, 0.2) is 0 Å². The summed E-state index contributed by atoms with van der Waals surface area (Å²) >= 11 is 1.69. The Kier molecular flexibility index (Phi) is 5.28. The Balaban J connectivity index is 1.77. The number of rotatable bonds is 4. The summed E-state index contributed by atoms with van der Waals surface area (Å²) in [6, 6.07) is 6.56. The average molecular weight is 279 g/mol. The molecule has 0 aliphatic carbocycles. The molecule has 1 aromatic rings. The van der Waals surface area contributed by atoms with Crippen LogP contribution in [0.1, 0.15) is 16.7 Å². The third-order valence-electron chi connectivity index (χ3n) is 3.14. The molecule has 0 aromatic heterocycles. The van der Waals surface area contributed by atoms with Gasteiger partial charge in [-0.3, -0.25) is 4.79 Å². The van der Waals surface area contributed by atoms with Crippen molar-refractivity contribution in [2.24, 2.45) is 0 Å². The third kappa shape index (κ3) is 4.55. The van der Waals surface area contributed by atoms with Gasteiger partial charge in [0.25, 0.3) is 0 Å². The Labute approximate surface area is 119 Å². The van der Waals surface area contributed by atoms with Gasteiger partial charge in [-0.1, -0.05) is 29.3 Å². The Morgan fingerprint density at radius 3 is 2.47 bits per heavy atom. The molecule has 0 unspecified atom stereocenters. The van der Waals surface area contributed by atoms with Gasteiger partial charge in [-0.25, -0.2) is 0 Å². The van der Waals surface area contributed by atoms with Crippen LogP contribution < -0.4 is 0 Å². The Bertz CT molecular complexity index is 422. The van der Waals surface area contributed by atoms with Crippen molar-refractivity contribution >= 4 is 17.7 Å². The standard InChI is InChI=1S/C15H21NO2S/c1-12-7-13(2)9-14(8-12)10-19-11-15(17)16-3-5-18-6-4-16/h7-9H,3-6,10-11H2,1-2H3. The maximum Gasteiger partial charge on any atom is 0.232 e. The SMILES string of the molecule is Cc1cc(C)cc(CSCC(=O)N2CCOCC2)c1. The second kappa shape index (κ2) is 6.96. The number of carbonyl (C=O) groups excluding carboxylic acids is 1. The number of aryl methyl sites for hydroxylation is 2. The second-order valence-electron chi connectivity index (χ2n) is 4.98. The van der Waals surface area contributed by atoms with Crippen molar-refractivity contribution in [3.05, 3.63) is 34.9 Å². The summed E-state index contributed by atoms with van der Waals surface area (Å²) < 4.78 is 5.25. The lowest BCUT2D eigenvalue weighted by Crippen LogP contribution is -2.41. The average Bonchev–Trinajstić information content (AvgIpc) is 2.38. The fourth-order valence-corrected chi connectivity index (χ4v) is 3.17. The normalized spacial score (nSPS) is 15.6. The summed E-state index contributed by atoms with van der Waals surface area (Å²) in [5, 5.41) is 0. The molecule has 1 aliphatic rings. The lowest BCUT2D eigenvalue weighted by molar-refractivity contribution is -0.132. The van der Waals surface area contributed by atoms with Crippen molar-refractivity contribution in [1.82, 2.24) is 4.90 Å². The van der Waals surface area contributed by atoms with Crippen molar-refractivity contribution < 1.29 is 9.53 Å². The number of hydrogen-bond donors (Lipinski definition) is 0. The number of carbonyl (C=O) groups is 1. The Morgan fingerprint density at radius 2 is 1.84 bits per heavy atom. The minimum Gasteiger partial charge on any atom is -0.378 e. The molecule has 1 amide bonds. The molecule has 0 radical (unpaired) electrons. The summed E-state index contributed by atoms with van der Waals surface area (Å²) in [6.07, 6.45) is 0. The van der Waals surface area contributed by atoms with Gasteiger partial charge in [0, 0.05) is 18.8 Å². The zero-order valence-electron chi connectivity index (χ0n) is 11.6.